The summed E-state index contributed by atoms with van der Waals surface area (Å²) in [5.41, 5.74) is 1.03. The van der Waals surface area contributed by atoms with E-state index in [4.69, 9.17) is 9.47 Å². The van der Waals surface area contributed by atoms with E-state index in [0.29, 0.717) is 19.8 Å². The molecule has 1 aliphatic heterocycles. The van der Waals surface area contributed by atoms with Crippen LogP contribution in [0.5, 0.6) is 0 Å². The van der Waals surface area contributed by atoms with Crippen LogP contribution < -0.4 is 5.32 Å². The van der Waals surface area contributed by atoms with Crippen LogP contribution >= 0.6 is 0 Å². The average molecular weight is 251 g/mol. The van der Waals surface area contributed by atoms with E-state index in [2.05, 4.69) is 29.1 Å². The third kappa shape index (κ3) is 3.40. The summed E-state index contributed by atoms with van der Waals surface area (Å²) in [4.78, 5) is 9.04. The van der Waals surface area contributed by atoms with E-state index >= 15 is 0 Å². The standard InChI is InChI=1S/C13H21N3O2/c1-3-5-14-12-8-10(4-2)15-13(16-12)11-9-17-6-7-18-11/h8,11H,3-7,9H2,1-2H3,(H,14,15,16). The number of aromatic nitrogens is 2. The maximum atomic E-state index is 5.65. The summed E-state index contributed by atoms with van der Waals surface area (Å²) in [5, 5.41) is 3.30. The lowest BCUT2D eigenvalue weighted by atomic mass is 10.2. The molecule has 1 aliphatic rings. The second kappa shape index (κ2) is 6.66. The van der Waals surface area contributed by atoms with Crippen molar-refractivity contribution in [2.45, 2.75) is 32.8 Å². The fraction of sp³-hybridized carbons (Fsp3) is 0.692. The topological polar surface area (TPSA) is 56.3 Å². The summed E-state index contributed by atoms with van der Waals surface area (Å²) < 4.78 is 11.1. The number of ether oxygens (including phenoxy) is 2. The molecule has 1 aromatic rings. The molecule has 5 heteroatoms. The lowest BCUT2D eigenvalue weighted by molar-refractivity contribution is -0.0935. The molecular weight excluding hydrogens is 230 g/mol. The molecule has 0 amide bonds. The van der Waals surface area contributed by atoms with E-state index in [1.807, 2.05) is 6.07 Å². The van der Waals surface area contributed by atoms with Crippen molar-refractivity contribution in [1.82, 2.24) is 9.97 Å². The Hall–Kier alpha value is -1.20. The van der Waals surface area contributed by atoms with Gasteiger partial charge in [0.25, 0.3) is 0 Å². The van der Waals surface area contributed by atoms with Crippen molar-refractivity contribution in [2.75, 3.05) is 31.7 Å². The van der Waals surface area contributed by atoms with Crippen molar-refractivity contribution in [3.8, 4) is 0 Å². The molecule has 2 rings (SSSR count). The molecule has 0 spiro atoms. The number of anilines is 1. The first-order valence-corrected chi connectivity index (χ1v) is 6.64. The van der Waals surface area contributed by atoms with Gasteiger partial charge in [-0.1, -0.05) is 13.8 Å². The predicted octanol–water partition coefficient (Wildman–Crippen LogP) is 1.95. The SMILES string of the molecule is CCCNc1cc(CC)nc(C2COCCO2)n1. The van der Waals surface area contributed by atoms with Gasteiger partial charge in [-0.25, -0.2) is 9.97 Å². The Balaban J connectivity index is 2.16. The monoisotopic (exact) mass is 251 g/mol. The van der Waals surface area contributed by atoms with Crippen LogP contribution in [0.3, 0.4) is 0 Å². The average Bonchev–Trinajstić information content (AvgIpc) is 2.45. The van der Waals surface area contributed by atoms with Crippen LogP contribution in [-0.4, -0.2) is 36.3 Å². The molecule has 1 saturated heterocycles. The van der Waals surface area contributed by atoms with Crippen LogP contribution in [0.25, 0.3) is 0 Å². The number of hydrogen-bond acceptors (Lipinski definition) is 5. The van der Waals surface area contributed by atoms with Gasteiger partial charge in [0, 0.05) is 18.3 Å². The Kier molecular flexibility index (Phi) is 4.90. The van der Waals surface area contributed by atoms with Gasteiger partial charge >= 0.3 is 0 Å². The minimum absolute atomic E-state index is 0.132. The first-order chi connectivity index (χ1) is 8.83. The molecule has 1 unspecified atom stereocenters. The molecule has 1 fully saturated rings. The molecule has 0 aliphatic carbocycles. The maximum Gasteiger partial charge on any atom is 0.162 e. The Morgan fingerprint density at radius 3 is 2.89 bits per heavy atom. The zero-order valence-electron chi connectivity index (χ0n) is 11.1. The molecule has 0 saturated carbocycles. The molecule has 0 bridgehead atoms. The van der Waals surface area contributed by atoms with Gasteiger partial charge in [0.05, 0.1) is 19.8 Å². The van der Waals surface area contributed by atoms with E-state index in [1.165, 1.54) is 0 Å². The molecule has 0 aromatic carbocycles. The Labute approximate surface area is 108 Å². The van der Waals surface area contributed by atoms with E-state index in [9.17, 15) is 0 Å². The van der Waals surface area contributed by atoms with Crippen LogP contribution in [0, 0.1) is 0 Å². The molecule has 1 atom stereocenters. The molecule has 1 aromatic heterocycles. The van der Waals surface area contributed by atoms with E-state index in [-0.39, 0.29) is 6.10 Å². The van der Waals surface area contributed by atoms with Crippen molar-refractivity contribution < 1.29 is 9.47 Å². The van der Waals surface area contributed by atoms with Gasteiger partial charge < -0.3 is 14.8 Å². The van der Waals surface area contributed by atoms with Crippen molar-refractivity contribution in [2.24, 2.45) is 0 Å². The summed E-state index contributed by atoms with van der Waals surface area (Å²) in [6, 6.07) is 2.00. The van der Waals surface area contributed by atoms with E-state index < -0.39 is 0 Å². The van der Waals surface area contributed by atoms with Crippen molar-refractivity contribution in [3.63, 3.8) is 0 Å². The summed E-state index contributed by atoms with van der Waals surface area (Å²) in [6.07, 6.45) is 1.83. The highest BCUT2D eigenvalue weighted by Gasteiger charge is 2.20. The van der Waals surface area contributed by atoms with Crippen LogP contribution in [0.1, 0.15) is 37.9 Å². The molecular formula is C13H21N3O2. The third-order valence-corrected chi connectivity index (χ3v) is 2.82. The van der Waals surface area contributed by atoms with Gasteiger partial charge in [-0.05, 0) is 12.8 Å². The van der Waals surface area contributed by atoms with Crippen LogP contribution in [0.15, 0.2) is 6.07 Å². The second-order valence-electron chi connectivity index (χ2n) is 4.32. The first kappa shape index (κ1) is 13.2. The highest BCUT2D eigenvalue weighted by atomic mass is 16.6. The van der Waals surface area contributed by atoms with Crippen molar-refractivity contribution in [1.29, 1.82) is 0 Å². The fourth-order valence-corrected chi connectivity index (χ4v) is 1.82. The number of nitrogens with one attached hydrogen (secondary N) is 1. The highest BCUT2D eigenvalue weighted by molar-refractivity contribution is 5.36. The van der Waals surface area contributed by atoms with Gasteiger partial charge in [-0.3, -0.25) is 0 Å². The van der Waals surface area contributed by atoms with Gasteiger partial charge in [-0.2, -0.15) is 0 Å². The zero-order valence-corrected chi connectivity index (χ0v) is 11.1. The normalized spacial score (nSPS) is 19.8. The summed E-state index contributed by atoms with van der Waals surface area (Å²) in [7, 11) is 0. The number of hydrogen-bond donors (Lipinski definition) is 1. The Morgan fingerprint density at radius 2 is 2.22 bits per heavy atom. The molecule has 5 nitrogen and oxygen atoms in total. The first-order valence-electron chi connectivity index (χ1n) is 6.64. The lowest BCUT2D eigenvalue weighted by Gasteiger charge is -2.22. The minimum Gasteiger partial charge on any atom is -0.376 e. The van der Waals surface area contributed by atoms with Crippen molar-refractivity contribution >= 4 is 5.82 Å². The zero-order chi connectivity index (χ0) is 12.8. The molecule has 18 heavy (non-hydrogen) atoms. The van der Waals surface area contributed by atoms with Crippen LogP contribution in [0.2, 0.25) is 0 Å². The largest absolute Gasteiger partial charge is 0.376 e. The summed E-state index contributed by atoms with van der Waals surface area (Å²) in [6.45, 7) is 6.96. The van der Waals surface area contributed by atoms with E-state index in [1.54, 1.807) is 0 Å². The number of nitrogens with zero attached hydrogens (tertiary/aromatic N) is 2. The highest BCUT2D eigenvalue weighted by Crippen LogP contribution is 2.19. The van der Waals surface area contributed by atoms with Crippen molar-refractivity contribution in [3.05, 3.63) is 17.6 Å². The van der Waals surface area contributed by atoms with Crippen LogP contribution in [0.4, 0.5) is 5.82 Å². The van der Waals surface area contributed by atoms with Crippen LogP contribution in [-0.2, 0) is 15.9 Å². The Bertz CT molecular complexity index is 378. The minimum atomic E-state index is -0.132. The number of rotatable bonds is 5. The summed E-state index contributed by atoms with van der Waals surface area (Å²) >= 11 is 0. The number of aryl methyl sites for hydroxylation is 1. The smallest absolute Gasteiger partial charge is 0.162 e. The van der Waals surface area contributed by atoms with Gasteiger partial charge in [0.2, 0.25) is 0 Å². The predicted molar refractivity (Wildman–Crippen MR) is 69.7 cm³/mol. The molecule has 2 heterocycles. The fourth-order valence-electron chi connectivity index (χ4n) is 1.82. The third-order valence-electron chi connectivity index (χ3n) is 2.82. The lowest BCUT2D eigenvalue weighted by Crippen LogP contribution is -2.24. The van der Waals surface area contributed by atoms with E-state index in [0.717, 1.165) is 36.7 Å². The van der Waals surface area contributed by atoms with Gasteiger partial charge in [0.15, 0.2) is 5.82 Å². The Morgan fingerprint density at radius 1 is 1.33 bits per heavy atom. The quantitative estimate of drug-likeness (QED) is 0.866. The second-order valence-corrected chi connectivity index (χ2v) is 4.32. The van der Waals surface area contributed by atoms with Gasteiger partial charge in [-0.15, -0.1) is 0 Å². The molecule has 1 N–H and O–H groups in total. The summed E-state index contributed by atoms with van der Waals surface area (Å²) in [5.74, 6) is 1.61. The maximum absolute atomic E-state index is 5.65. The van der Waals surface area contributed by atoms with Gasteiger partial charge in [0.1, 0.15) is 11.9 Å². The molecule has 0 radical (unpaired) electrons. The molecule has 100 valence electrons.